The first kappa shape index (κ1) is 33.2. The van der Waals surface area contributed by atoms with E-state index in [0.717, 1.165) is 56.6 Å². The van der Waals surface area contributed by atoms with E-state index in [-0.39, 0.29) is 24.3 Å². The van der Waals surface area contributed by atoms with Crippen LogP contribution in [0.25, 0.3) is 0 Å². The molecule has 0 saturated carbocycles. The van der Waals surface area contributed by atoms with Crippen LogP contribution in [0.5, 0.6) is 0 Å². The van der Waals surface area contributed by atoms with E-state index < -0.39 is 29.5 Å². The molecule has 4 heterocycles. The number of aromatic nitrogens is 2. The van der Waals surface area contributed by atoms with Crippen molar-refractivity contribution in [3.8, 4) is 0 Å². The van der Waals surface area contributed by atoms with Crippen molar-refractivity contribution in [3.63, 3.8) is 0 Å². The van der Waals surface area contributed by atoms with Crippen LogP contribution in [0.4, 0.5) is 4.79 Å². The summed E-state index contributed by atoms with van der Waals surface area (Å²) in [5.74, 6) is 0.357. The molecule has 1 aromatic rings. The topological polar surface area (TPSA) is 117 Å². The number of likely N-dealkylation sites (tertiary alicyclic amines) is 1. The van der Waals surface area contributed by atoms with Gasteiger partial charge in [-0.15, -0.1) is 0 Å². The molecule has 0 bridgehead atoms. The number of fused-ring (bicyclic) bond motifs is 1. The van der Waals surface area contributed by atoms with E-state index in [1.807, 2.05) is 25.7 Å². The van der Waals surface area contributed by atoms with E-state index in [9.17, 15) is 19.5 Å². The Morgan fingerprint density at radius 2 is 1.84 bits per heavy atom. The first-order valence-corrected chi connectivity index (χ1v) is 16.2. The molecular weight excluding hydrogens is 550 g/mol. The monoisotopic (exact) mass is 603 g/mol. The van der Waals surface area contributed by atoms with Gasteiger partial charge in [0.1, 0.15) is 11.5 Å². The number of methoxy groups -OCH3 is 1. The first-order valence-electron chi connectivity index (χ1n) is 16.2. The molecule has 0 aromatic carbocycles. The van der Waals surface area contributed by atoms with Crippen molar-refractivity contribution in [2.45, 2.75) is 98.2 Å². The summed E-state index contributed by atoms with van der Waals surface area (Å²) in [6.45, 7) is 14.3. The number of hydrogen-bond donors (Lipinski definition) is 1. The highest BCUT2D eigenvalue weighted by Gasteiger charge is 2.50. The Balaban J connectivity index is 1.75. The van der Waals surface area contributed by atoms with Gasteiger partial charge in [-0.3, -0.25) is 9.59 Å². The van der Waals surface area contributed by atoms with Crippen molar-refractivity contribution in [2.75, 3.05) is 53.1 Å². The largest absolute Gasteiger partial charge is 0.465 e. The quantitative estimate of drug-likeness (QED) is 0.403. The van der Waals surface area contributed by atoms with Gasteiger partial charge in [-0.1, -0.05) is 34.6 Å². The highest BCUT2D eigenvalue weighted by Crippen LogP contribution is 2.39. The maximum Gasteiger partial charge on any atom is 0.407 e. The second-order valence-corrected chi connectivity index (χ2v) is 13.9. The number of aryl methyl sites for hydroxylation is 1. The zero-order valence-corrected chi connectivity index (χ0v) is 27.1. The number of ether oxygens (including phenoxy) is 2. The van der Waals surface area contributed by atoms with Crippen molar-refractivity contribution in [3.05, 3.63) is 17.2 Å². The zero-order chi connectivity index (χ0) is 31.3. The summed E-state index contributed by atoms with van der Waals surface area (Å²) in [5, 5.41) is 10.5. The number of rotatable bonds is 10. The van der Waals surface area contributed by atoms with E-state index in [1.165, 1.54) is 4.90 Å². The Labute approximate surface area is 256 Å². The van der Waals surface area contributed by atoms with E-state index in [1.54, 1.807) is 12.0 Å². The van der Waals surface area contributed by atoms with Gasteiger partial charge in [0.05, 0.1) is 36.9 Å². The number of hydrogen-bond acceptors (Lipinski definition) is 6. The van der Waals surface area contributed by atoms with Gasteiger partial charge >= 0.3 is 6.09 Å². The number of amides is 3. The molecule has 4 rings (SSSR count). The average molecular weight is 604 g/mol. The number of piperidine rings is 1. The van der Waals surface area contributed by atoms with Gasteiger partial charge in [-0.05, 0) is 49.9 Å². The molecule has 0 spiro atoms. The molecule has 242 valence electrons. The SMILES string of the molecule is COCCCCc1c(C(=O)N(CC(C)C)[C@H]2C[C@@H](C(=O)N3CCOCC3)CN(C(=O)O)C2C(C)(C)C)nc2n1CCCC2. The van der Waals surface area contributed by atoms with Gasteiger partial charge < -0.3 is 33.8 Å². The fraction of sp³-hybridized carbons (Fsp3) is 0.812. The summed E-state index contributed by atoms with van der Waals surface area (Å²) in [5.41, 5.74) is 0.997. The molecule has 1 N–H and O–H groups in total. The highest BCUT2D eigenvalue weighted by molar-refractivity contribution is 5.94. The second kappa shape index (κ2) is 14.4. The maximum absolute atomic E-state index is 14.8. The normalized spacial score (nSPS) is 22.9. The van der Waals surface area contributed by atoms with Gasteiger partial charge in [0, 0.05) is 52.9 Å². The van der Waals surface area contributed by atoms with Crippen LogP contribution in [0, 0.1) is 17.3 Å². The van der Waals surface area contributed by atoms with Crippen LogP contribution in [0.2, 0.25) is 0 Å². The van der Waals surface area contributed by atoms with E-state index in [0.29, 0.717) is 51.6 Å². The second-order valence-electron chi connectivity index (χ2n) is 13.9. The molecule has 1 unspecified atom stereocenters. The molecular formula is C32H53N5O6. The molecule has 2 fully saturated rings. The Hall–Kier alpha value is -2.66. The van der Waals surface area contributed by atoms with Crippen LogP contribution in [0.15, 0.2) is 0 Å². The Bertz CT molecular complexity index is 1120. The number of unbranched alkanes of at least 4 members (excludes halogenated alkanes) is 1. The van der Waals surface area contributed by atoms with Crippen molar-refractivity contribution in [1.82, 2.24) is 24.3 Å². The number of carbonyl (C=O) groups excluding carboxylic acids is 2. The standard InChI is InChI=1S/C32H53N5O6/c1-22(2)20-36(30(39)27-24(11-8-10-16-42-6)35-13-9-7-12-26(35)33-27)25-19-23(29(38)34-14-17-43-18-15-34)21-37(31(40)41)28(25)32(3,4)5/h22-23,25,28H,7-21H2,1-6H3,(H,40,41)/t23-,25+,28?/m1/s1. The molecule has 11 heteroatoms. The minimum atomic E-state index is -1.06. The van der Waals surface area contributed by atoms with Gasteiger partial charge in [0.15, 0.2) is 0 Å². The molecule has 1 aromatic heterocycles. The van der Waals surface area contributed by atoms with Crippen LogP contribution in [-0.2, 0) is 33.7 Å². The molecule has 0 radical (unpaired) electrons. The summed E-state index contributed by atoms with van der Waals surface area (Å²) in [6.07, 6.45) is 4.84. The first-order chi connectivity index (χ1) is 20.4. The Morgan fingerprint density at radius 1 is 1.12 bits per heavy atom. The Morgan fingerprint density at radius 3 is 2.47 bits per heavy atom. The summed E-state index contributed by atoms with van der Waals surface area (Å²) in [7, 11) is 1.70. The highest BCUT2D eigenvalue weighted by atomic mass is 16.5. The molecule has 11 nitrogen and oxygen atoms in total. The minimum Gasteiger partial charge on any atom is -0.465 e. The van der Waals surface area contributed by atoms with Crippen LogP contribution in [0.3, 0.4) is 0 Å². The van der Waals surface area contributed by atoms with Crippen molar-refractivity contribution < 1.29 is 29.0 Å². The van der Waals surface area contributed by atoms with Gasteiger partial charge in [-0.25, -0.2) is 9.78 Å². The zero-order valence-electron chi connectivity index (χ0n) is 27.1. The summed E-state index contributed by atoms with van der Waals surface area (Å²) in [6, 6.07) is -0.960. The van der Waals surface area contributed by atoms with E-state index >= 15 is 0 Å². The van der Waals surface area contributed by atoms with E-state index in [2.05, 4.69) is 18.4 Å². The number of carboxylic acid groups (broad SMARTS) is 1. The van der Waals surface area contributed by atoms with Crippen LogP contribution >= 0.6 is 0 Å². The summed E-state index contributed by atoms with van der Waals surface area (Å²) >= 11 is 0. The fourth-order valence-corrected chi connectivity index (χ4v) is 7.22. The van der Waals surface area contributed by atoms with Gasteiger partial charge in [0.2, 0.25) is 5.91 Å². The third-order valence-corrected chi connectivity index (χ3v) is 9.07. The molecule has 3 atom stereocenters. The molecule has 43 heavy (non-hydrogen) atoms. The molecule has 0 aliphatic carbocycles. The van der Waals surface area contributed by atoms with Crippen LogP contribution in [0.1, 0.15) is 88.7 Å². The summed E-state index contributed by atoms with van der Waals surface area (Å²) in [4.78, 5) is 51.4. The van der Waals surface area contributed by atoms with Crippen LogP contribution < -0.4 is 0 Å². The molecule has 3 aliphatic rings. The molecule has 2 saturated heterocycles. The van der Waals surface area contributed by atoms with Crippen molar-refractivity contribution >= 4 is 17.9 Å². The lowest BCUT2D eigenvalue weighted by molar-refractivity contribution is -0.144. The van der Waals surface area contributed by atoms with Gasteiger partial charge in [0.25, 0.3) is 5.91 Å². The number of imidazole rings is 1. The lowest BCUT2D eigenvalue weighted by atomic mass is 9.74. The van der Waals surface area contributed by atoms with Crippen LogP contribution in [-0.4, -0.2) is 112 Å². The predicted octanol–water partition coefficient (Wildman–Crippen LogP) is 3.93. The van der Waals surface area contributed by atoms with Gasteiger partial charge in [-0.2, -0.15) is 0 Å². The third kappa shape index (κ3) is 7.71. The molecule has 3 amide bonds. The number of morpholine rings is 1. The number of carbonyl (C=O) groups is 3. The third-order valence-electron chi connectivity index (χ3n) is 9.07. The average Bonchev–Trinajstić information content (AvgIpc) is 3.35. The molecule has 3 aliphatic heterocycles. The minimum absolute atomic E-state index is 0.0554. The predicted molar refractivity (Wildman–Crippen MR) is 163 cm³/mol. The fourth-order valence-electron chi connectivity index (χ4n) is 7.22. The smallest absolute Gasteiger partial charge is 0.407 e. The van der Waals surface area contributed by atoms with E-state index in [4.69, 9.17) is 14.5 Å². The lowest BCUT2D eigenvalue weighted by Crippen LogP contribution is -2.66. The number of nitrogens with zero attached hydrogens (tertiary/aromatic N) is 5. The van der Waals surface area contributed by atoms with Crippen molar-refractivity contribution in [2.24, 2.45) is 17.3 Å². The maximum atomic E-state index is 14.8. The summed E-state index contributed by atoms with van der Waals surface area (Å²) < 4.78 is 13.0. The Kier molecular flexibility index (Phi) is 11.1. The lowest BCUT2D eigenvalue weighted by Gasteiger charge is -2.52. The van der Waals surface area contributed by atoms with Crippen molar-refractivity contribution in [1.29, 1.82) is 0 Å².